The van der Waals surface area contributed by atoms with Gasteiger partial charge in [-0.05, 0) is 38.6 Å². The van der Waals surface area contributed by atoms with Crippen LogP contribution < -0.4 is 11.1 Å². The Hall–Kier alpha value is -1.30. The van der Waals surface area contributed by atoms with Crippen LogP contribution in [0.25, 0.3) is 0 Å². The van der Waals surface area contributed by atoms with Gasteiger partial charge in [0.2, 0.25) is 5.91 Å². The fraction of sp³-hybridized carbons (Fsp3) is 0.500. The molecule has 1 heterocycles. The Morgan fingerprint density at radius 3 is 2.95 bits per heavy atom. The molecule has 1 aromatic rings. The first-order valence-corrected chi connectivity index (χ1v) is 7.02. The predicted molar refractivity (Wildman–Crippen MR) is 80.9 cm³/mol. The average molecular weight is 298 g/mol. The SMILES string of the molecule is CC(C(=O)Nc1ccc(Cl)c(N)c1)N(C)C1CCOC1. The number of amides is 1. The van der Waals surface area contributed by atoms with E-state index in [1.54, 1.807) is 18.2 Å². The molecule has 0 spiro atoms. The standard InChI is InChI=1S/C14H20ClN3O2/c1-9(18(2)11-5-6-20-8-11)14(19)17-10-3-4-12(15)13(16)7-10/h3-4,7,9,11H,5-6,8,16H2,1-2H3,(H,17,19). The number of nitrogens with one attached hydrogen (secondary N) is 1. The van der Waals surface area contributed by atoms with E-state index >= 15 is 0 Å². The van der Waals surface area contributed by atoms with E-state index in [1.165, 1.54) is 0 Å². The maximum atomic E-state index is 12.2. The fourth-order valence-corrected chi connectivity index (χ4v) is 2.33. The van der Waals surface area contributed by atoms with E-state index in [4.69, 9.17) is 22.1 Å². The summed E-state index contributed by atoms with van der Waals surface area (Å²) in [5.41, 5.74) is 6.83. The monoisotopic (exact) mass is 297 g/mol. The molecule has 0 saturated carbocycles. The molecule has 1 aliphatic heterocycles. The first kappa shape index (κ1) is 15.1. The van der Waals surface area contributed by atoms with Gasteiger partial charge < -0.3 is 15.8 Å². The lowest BCUT2D eigenvalue weighted by molar-refractivity contribution is -0.121. The van der Waals surface area contributed by atoms with Gasteiger partial charge in [0.1, 0.15) is 0 Å². The summed E-state index contributed by atoms with van der Waals surface area (Å²) in [4.78, 5) is 14.3. The molecule has 0 radical (unpaired) electrons. The van der Waals surface area contributed by atoms with Crippen LogP contribution in [0.4, 0.5) is 11.4 Å². The van der Waals surface area contributed by atoms with Crippen LogP contribution in [0.2, 0.25) is 5.02 Å². The zero-order chi connectivity index (χ0) is 14.7. The molecule has 2 rings (SSSR count). The first-order chi connectivity index (χ1) is 9.49. The number of hydrogen-bond donors (Lipinski definition) is 2. The van der Waals surface area contributed by atoms with E-state index in [2.05, 4.69) is 5.32 Å². The Bertz CT molecular complexity index is 489. The lowest BCUT2D eigenvalue weighted by Crippen LogP contribution is -2.45. The fourth-order valence-electron chi connectivity index (χ4n) is 2.21. The molecule has 0 aliphatic carbocycles. The second kappa shape index (κ2) is 6.43. The Kier molecular flexibility index (Phi) is 4.86. The molecule has 5 nitrogen and oxygen atoms in total. The van der Waals surface area contributed by atoms with E-state index in [-0.39, 0.29) is 11.9 Å². The number of nitrogens with zero attached hydrogens (tertiary/aromatic N) is 1. The number of nitrogen functional groups attached to an aromatic ring is 1. The van der Waals surface area contributed by atoms with Crippen LogP contribution in [0, 0.1) is 0 Å². The number of ether oxygens (including phenoxy) is 1. The second-order valence-corrected chi connectivity index (χ2v) is 5.49. The summed E-state index contributed by atoms with van der Waals surface area (Å²) >= 11 is 5.86. The summed E-state index contributed by atoms with van der Waals surface area (Å²) < 4.78 is 5.35. The zero-order valence-electron chi connectivity index (χ0n) is 11.7. The highest BCUT2D eigenvalue weighted by Crippen LogP contribution is 2.23. The van der Waals surface area contributed by atoms with Crippen molar-refractivity contribution in [3.05, 3.63) is 23.2 Å². The largest absolute Gasteiger partial charge is 0.397 e. The normalized spacial score (nSPS) is 20.1. The number of benzene rings is 1. The molecule has 1 saturated heterocycles. The Morgan fingerprint density at radius 1 is 1.60 bits per heavy atom. The van der Waals surface area contributed by atoms with Crippen molar-refractivity contribution in [1.82, 2.24) is 4.90 Å². The maximum absolute atomic E-state index is 12.2. The van der Waals surface area contributed by atoms with Crippen molar-refractivity contribution < 1.29 is 9.53 Å². The van der Waals surface area contributed by atoms with Gasteiger partial charge in [0, 0.05) is 18.3 Å². The van der Waals surface area contributed by atoms with Crippen LogP contribution in [-0.2, 0) is 9.53 Å². The van der Waals surface area contributed by atoms with E-state index < -0.39 is 0 Å². The van der Waals surface area contributed by atoms with Crippen LogP contribution >= 0.6 is 11.6 Å². The second-order valence-electron chi connectivity index (χ2n) is 5.08. The summed E-state index contributed by atoms with van der Waals surface area (Å²) in [7, 11) is 1.94. The van der Waals surface area contributed by atoms with Gasteiger partial charge in [-0.15, -0.1) is 0 Å². The maximum Gasteiger partial charge on any atom is 0.241 e. The van der Waals surface area contributed by atoms with E-state index in [1.807, 2.05) is 18.9 Å². The minimum Gasteiger partial charge on any atom is -0.397 e. The lowest BCUT2D eigenvalue weighted by Gasteiger charge is -2.28. The minimum absolute atomic E-state index is 0.0684. The van der Waals surface area contributed by atoms with Gasteiger partial charge in [-0.1, -0.05) is 11.6 Å². The first-order valence-electron chi connectivity index (χ1n) is 6.64. The summed E-state index contributed by atoms with van der Waals surface area (Å²) in [5, 5.41) is 3.34. The van der Waals surface area contributed by atoms with Gasteiger partial charge >= 0.3 is 0 Å². The third kappa shape index (κ3) is 3.42. The van der Waals surface area contributed by atoms with Crippen LogP contribution in [0.3, 0.4) is 0 Å². The van der Waals surface area contributed by atoms with Crippen LogP contribution in [0.5, 0.6) is 0 Å². The molecular weight excluding hydrogens is 278 g/mol. The molecular formula is C14H20ClN3O2. The van der Waals surface area contributed by atoms with E-state index in [0.717, 1.165) is 13.0 Å². The van der Waals surface area contributed by atoms with Crippen molar-refractivity contribution in [1.29, 1.82) is 0 Å². The molecule has 2 unspecified atom stereocenters. The van der Waals surface area contributed by atoms with Gasteiger partial charge in [0.15, 0.2) is 0 Å². The lowest BCUT2D eigenvalue weighted by atomic mass is 10.1. The number of nitrogens with two attached hydrogens (primary N) is 1. The van der Waals surface area contributed by atoms with Gasteiger partial charge in [0.25, 0.3) is 0 Å². The molecule has 1 aliphatic rings. The molecule has 1 aromatic carbocycles. The molecule has 1 fully saturated rings. The van der Waals surface area contributed by atoms with E-state index in [0.29, 0.717) is 29.0 Å². The summed E-state index contributed by atoms with van der Waals surface area (Å²) in [6.45, 7) is 3.33. The smallest absolute Gasteiger partial charge is 0.241 e. The number of carbonyl (C=O) groups is 1. The van der Waals surface area contributed by atoms with Gasteiger partial charge in [0.05, 0.1) is 23.4 Å². The molecule has 110 valence electrons. The van der Waals surface area contributed by atoms with Crippen molar-refractivity contribution in [3.63, 3.8) is 0 Å². The molecule has 3 N–H and O–H groups in total. The summed E-state index contributed by atoms with van der Waals surface area (Å²) in [6, 6.07) is 5.13. The van der Waals surface area contributed by atoms with Crippen molar-refractivity contribution in [2.45, 2.75) is 25.4 Å². The third-order valence-corrected chi connectivity index (χ3v) is 4.08. The Morgan fingerprint density at radius 2 is 2.35 bits per heavy atom. The van der Waals surface area contributed by atoms with Gasteiger partial charge in [-0.25, -0.2) is 0 Å². The molecule has 6 heteroatoms. The number of anilines is 2. The molecule has 2 atom stereocenters. The highest BCUT2D eigenvalue weighted by atomic mass is 35.5. The van der Waals surface area contributed by atoms with Gasteiger partial charge in [-0.3, -0.25) is 9.69 Å². The Labute approximate surface area is 124 Å². The highest BCUT2D eigenvalue weighted by molar-refractivity contribution is 6.33. The summed E-state index contributed by atoms with van der Waals surface area (Å²) in [6.07, 6.45) is 0.960. The van der Waals surface area contributed by atoms with Crippen LogP contribution in [0.1, 0.15) is 13.3 Å². The Balaban J connectivity index is 1.97. The number of carbonyl (C=O) groups excluding carboxylic acids is 1. The predicted octanol–water partition coefficient (Wildman–Crippen LogP) is 1.97. The van der Waals surface area contributed by atoms with Crippen molar-refractivity contribution in [2.24, 2.45) is 0 Å². The third-order valence-electron chi connectivity index (χ3n) is 3.74. The highest BCUT2D eigenvalue weighted by Gasteiger charge is 2.27. The average Bonchev–Trinajstić information content (AvgIpc) is 2.95. The van der Waals surface area contributed by atoms with E-state index in [9.17, 15) is 4.79 Å². The number of likely N-dealkylation sites (N-methyl/N-ethyl adjacent to an activating group) is 1. The molecule has 1 amide bonds. The topological polar surface area (TPSA) is 67.6 Å². The van der Waals surface area contributed by atoms with Crippen LogP contribution in [-0.4, -0.2) is 43.2 Å². The number of rotatable bonds is 4. The molecule has 0 bridgehead atoms. The zero-order valence-corrected chi connectivity index (χ0v) is 12.5. The van der Waals surface area contributed by atoms with Crippen molar-refractivity contribution in [3.8, 4) is 0 Å². The summed E-state index contributed by atoms with van der Waals surface area (Å²) in [5.74, 6) is -0.0684. The molecule has 0 aromatic heterocycles. The van der Waals surface area contributed by atoms with Crippen molar-refractivity contribution in [2.75, 3.05) is 31.3 Å². The number of hydrogen-bond acceptors (Lipinski definition) is 4. The quantitative estimate of drug-likeness (QED) is 0.834. The number of halogens is 1. The van der Waals surface area contributed by atoms with Gasteiger partial charge in [-0.2, -0.15) is 0 Å². The minimum atomic E-state index is -0.237. The van der Waals surface area contributed by atoms with Crippen LogP contribution in [0.15, 0.2) is 18.2 Å². The molecule has 20 heavy (non-hydrogen) atoms. The van der Waals surface area contributed by atoms with Crippen molar-refractivity contribution >= 4 is 28.9 Å².